The Balaban J connectivity index is 2.30. The highest BCUT2D eigenvalue weighted by molar-refractivity contribution is 5.83. The molecule has 1 aliphatic rings. The fourth-order valence-corrected chi connectivity index (χ4v) is 1.95. The molecule has 1 amide bonds. The fraction of sp³-hybridized carbons (Fsp3) is 0.818. The van der Waals surface area contributed by atoms with E-state index in [0.29, 0.717) is 13.0 Å². The molecule has 0 aromatic carbocycles. The van der Waals surface area contributed by atoms with Gasteiger partial charge in [-0.15, -0.1) is 0 Å². The van der Waals surface area contributed by atoms with Crippen LogP contribution in [0.4, 0.5) is 0 Å². The zero-order valence-electron chi connectivity index (χ0n) is 9.45. The molecular weight excluding hydrogens is 194 g/mol. The first kappa shape index (κ1) is 12.0. The Morgan fingerprint density at radius 2 is 2.00 bits per heavy atom. The third-order valence-corrected chi connectivity index (χ3v) is 3.20. The van der Waals surface area contributed by atoms with Gasteiger partial charge in [0.2, 0.25) is 5.91 Å². The molecule has 0 spiro atoms. The van der Waals surface area contributed by atoms with Crippen molar-refractivity contribution in [3.8, 4) is 0 Å². The van der Waals surface area contributed by atoms with Gasteiger partial charge in [-0.3, -0.25) is 9.59 Å². The lowest BCUT2D eigenvalue weighted by Gasteiger charge is -2.39. The molecule has 0 aliphatic heterocycles. The number of aliphatic carboxylic acids is 1. The van der Waals surface area contributed by atoms with Crippen LogP contribution >= 0.6 is 0 Å². The topological polar surface area (TPSA) is 57.6 Å². The van der Waals surface area contributed by atoms with E-state index in [0.717, 1.165) is 19.3 Å². The van der Waals surface area contributed by atoms with Crippen LogP contribution in [0.5, 0.6) is 0 Å². The fourth-order valence-electron chi connectivity index (χ4n) is 1.95. The Labute approximate surface area is 90.3 Å². The first-order chi connectivity index (χ1) is 6.96. The highest BCUT2D eigenvalue weighted by atomic mass is 16.4. The number of nitrogens with zero attached hydrogens (tertiary/aromatic N) is 1. The molecule has 1 fully saturated rings. The van der Waals surface area contributed by atoms with Crippen LogP contribution < -0.4 is 0 Å². The molecule has 4 nitrogen and oxygen atoms in total. The second-order valence-electron chi connectivity index (χ2n) is 4.64. The molecular formula is C11H19NO3. The average molecular weight is 213 g/mol. The lowest BCUT2D eigenvalue weighted by Crippen LogP contribution is -2.44. The van der Waals surface area contributed by atoms with Crippen molar-refractivity contribution in [3.63, 3.8) is 0 Å². The molecule has 0 bridgehead atoms. The maximum atomic E-state index is 11.9. The summed E-state index contributed by atoms with van der Waals surface area (Å²) in [6.07, 6.45) is 3.73. The number of carboxylic acid groups (broad SMARTS) is 1. The summed E-state index contributed by atoms with van der Waals surface area (Å²) in [5, 5.41) is 8.48. The number of carbonyl (C=O) groups excluding carboxylic acids is 1. The smallest absolute Gasteiger partial charge is 0.303 e. The Morgan fingerprint density at radius 1 is 1.40 bits per heavy atom. The van der Waals surface area contributed by atoms with E-state index in [1.807, 2.05) is 6.92 Å². The number of rotatable bonds is 5. The maximum absolute atomic E-state index is 11.9. The molecule has 86 valence electrons. The van der Waals surface area contributed by atoms with Gasteiger partial charge in [0.25, 0.3) is 0 Å². The van der Waals surface area contributed by atoms with E-state index in [-0.39, 0.29) is 17.7 Å². The van der Waals surface area contributed by atoms with Crippen molar-refractivity contribution in [3.05, 3.63) is 0 Å². The highest BCUT2D eigenvalue weighted by Gasteiger charge is 2.40. The molecule has 0 aromatic rings. The van der Waals surface area contributed by atoms with Crippen LogP contribution in [0.15, 0.2) is 0 Å². The van der Waals surface area contributed by atoms with Crippen molar-refractivity contribution in [1.82, 2.24) is 4.90 Å². The summed E-state index contributed by atoms with van der Waals surface area (Å²) in [5.41, 5.74) is -0.169. The maximum Gasteiger partial charge on any atom is 0.303 e. The second-order valence-corrected chi connectivity index (χ2v) is 4.64. The van der Waals surface area contributed by atoms with E-state index in [9.17, 15) is 9.59 Å². The zero-order valence-corrected chi connectivity index (χ0v) is 9.45. The summed E-state index contributed by atoms with van der Waals surface area (Å²) < 4.78 is 0. The predicted octanol–water partition coefficient (Wildman–Crippen LogP) is 1.50. The largest absolute Gasteiger partial charge is 0.481 e. The third-order valence-electron chi connectivity index (χ3n) is 3.20. The molecule has 1 N–H and O–H groups in total. The summed E-state index contributed by atoms with van der Waals surface area (Å²) in [6.45, 7) is 2.53. The minimum Gasteiger partial charge on any atom is -0.481 e. The van der Waals surface area contributed by atoms with Crippen molar-refractivity contribution in [2.45, 2.75) is 39.0 Å². The molecule has 0 radical (unpaired) electrons. The van der Waals surface area contributed by atoms with Gasteiger partial charge in [0.05, 0.1) is 0 Å². The molecule has 0 aromatic heterocycles. The number of carboxylic acids is 1. The van der Waals surface area contributed by atoms with Crippen molar-refractivity contribution >= 4 is 11.9 Å². The van der Waals surface area contributed by atoms with Gasteiger partial charge >= 0.3 is 5.97 Å². The van der Waals surface area contributed by atoms with Crippen LogP contribution in [0.25, 0.3) is 0 Å². The van der Waals surface area contributed by atoms with E-state index in [2.05, 4.69) is 0 Å². The Kier molecular flexibility index (Phi) is 3.72. The average Bonchev–Trinajstić information content (AvgIpc) is 2.12. The van der Waals surface area contributed by atoms with Gasteiger partial charge in [-0.05, 0) is 19.3 Å². The molecule has 1 aliphatic carbocycles. The zero-order chi connectivity index (χ0) is 11.5. The van der Waals surface area contributed by atoms with Gasteiger partial charge in [-0.2, -0.15) is 0 Å². The minimum absolute atomic E-state index is 0.133. The number of amides is 1. The summed E-state index contributed by atoms with van der Waals surface area (Å²) in [6, 6.07) is 0. The van der Waals surface area contributed by atoms with Crippen molar-refractivity contribution in [2.24, 2.45) is 5.41 Å². The lowest BCUT2D eigenvalue weighted by atomic mass is 9.69. The number of carbonyl (C=O) groups is 2. The summed E-state index contributed by atoms with van der Waals surface area (Å²) in [7, 11) is 1.76. The number of hydrogen-bond donors (Lipinski definition) is 1. The monoisotopic (exact) mass is 213 g/mol. The van der Waals surface area contributed by atoms with Gasteiger partial charge < -0.3 is 10.0 Å². The number of hydrogen-bond acceptors (Lipinski definition) is 2. The Hall–Kier alpha value is -1.06. The third kappa shape index (κ3) is 2.94. The Morgan fingerprint density at radius 3 is 2.40 bits per heavy atom. The van der Waals surface area contributed by atoms with Crippen molar-refractivity contribution in [1.29, 1.82) is 0 Å². The first-order valence-corrected chi connectivity index (χ1v) is 5.43. The summed E-state index contributed by atoms with van der Waals surface area (Å²) >= 11 is 0. The molecule has 0 atom stereocenters. The lowest BCUT2D eigenvalue weighted by molar-refractivity contribution is -0.145. The SMILES string of the molecule is CN(CCCC(=O)O)C(=O)C1(C)CCC1. The Bertz CT molecular complexity index is 259. The summed E-state index contributed by atoms with van der Waals surface area (Å²) in [5.74, 6) is -0.634. The molecule has 1 saturated carbocycles. The van der Waals surface area contributed by atoms with Gasteiger partial charge in [0.15, 0.2) is 0 Å². The van der Waals surface area contributed by atoms with Crippen LogP contribution in [0.2, 0.25) is 0 Å². The van der Waals surface area contributed by atoms with Gasteiger partial charge in [-0.1, -0.05) is 13.3 Å². The van der Waals surface area contributed by atoms with Crippen molar-refractivity contribution in [2.75, 3.05) is 13.6 Å². The van der Waals surface area contributed by atoms with Crippen LogP contribution in [-0.4, -0.2) is 35.5 Å². The van der Waals surface area contributed by atoms with Crippen LogP contribution in [0.1, 0.15) is 39.0 Å². The molecule has 15 heavy (non-hydrogen) atoms. The van der Waals surface area contributed by atoms with Crippen LogP contribution in [0, 0.1) is 5.41 Å². The van der Waals surface area contributed by atoms with Gasteiger partial charge in [-0.25, -0.2) is 0 Å². The molecule has 0 heterocycles. The van der Waals surface area contributed by atoms with E-state index >= 15 is 0 Å². The summed E-state index contributed by atoms with van der Waals surface area (Å²) in [4.78, 5) is 23.9. The predicted molar refractivity (Wildman–Crippen MR) is 56.5 cm³/mol. The van der Waals surface area contributed by atoms with E-state index in [1.165, 1.54) is 0 Å². The van der Waals surface area contributed by atoms with Gasteiger partial charge in [0, 0.05) is 25.4 Å². The molecule has 4 heteroatoms. The van der Waals surface area contributed by atoms with Gasteiger partial charge in [0.1, 0.15) is 0 Å². The van der Waals surface area contributed by atoms with E-state index < -0.39 is 5.97 Å². The normalized spacial score (nSPS) is 18.0. The second kappa shape index (κ2) is 4.64. The molecule has 0 saturated heterocycles. The van der Waals surface area contributed by atoms with Crippen molar-refractivity contribution < 1.29 is 14.7 Å². The molecule has 0 unspecified atom stereocenters. The van der Waals surface area contributed by atoms with E-state index in [1.54, 1.807) is 11.9 Å². The first-order valence-electron chi connectivity index (χ1n) is 5.43. The van der Waals surface area contributed by atoms with Crippen LogP contribution in [-0.2, 0) is 9.59 Å². The quantitative estimate of drug-likeness (QED) is 0.753. The minimum atomic E-state index is -0.800. The van der Waals surface area contributed by atoms with Crippen LogP contribution in [0.3, 0.4) is 0 Å². The molecule has 1 rings (SSSR count). The standard InChI is InChI=1S/C11H19NO3/c1-11(6-4-7-11)10(15)12(2)8-3-5-9(13)14/h3-8H2,1-2H3,(H,13,14). The van der Waals surface area contributed by atoms with E-state index in [4.69, 9.17) is 5.11 Å². The highest BCUT2D eigenvalue weighted by Crippen LogP contribution is 2.41.